The van der Waals surface area contributed by atoms with Crippen molar-refractivity contribution in [2.75, 3.05) is 18.5 Å². The Morgan fingerprint density at radius 2 is 1.57 bits per heavy atom. The summed E-state index contributed by atoms with van der Waals surface area (Å²) in [6.45, 7) is 2.10. The molecule has 8 heteroatoms. The van der Waals surface area contributed by atoms with Crippen LogP contribution in [0.2, 0.25) is 5.02 Å². The Kier molecular flexibility index (Phi) is 7.80. The van der Waals surface area contributed by atoms with Crippen molar-refractivity contribution in [2.45, 2.75) is 13.3 Å². The van der Waals surface area contributed by atoms with Gasteiger partial charge in [0, 0.05) is 28.4 Å². The van der Waals surface area contributed by atoms with E-state index in [9.17, 15) is 4.79 Å². The molecule has 0 spiro atoms. The molecule has 0 saturated heterocycles. The van der Waals surface area contributed by atoms with Gasteiger partial charge in [-0.2, -0.15) is 0 Å². The molecular weight excluding hydrogens is 466 g/mol. The SMILES string of the molecule is Cc1cc(-c2ccc(OCCc3ccc(Cl)cc3)cc2)nc(Nc2ccc(OCC(=O)O)cc2)n1. The zero-order chi connectivity index (χ0) is 24.6. The molecule has 0 fully saturated rings. The van der Waals surface area contributed by atoms with Crippen LogP contribution < -0.4 is 14.8 Å². The summed E-state index contributed by atoms with van der Waals surface area (Å²) in [5, 5.41) is 12.6. The predicted molar refractivity (Wildman–Crippen MR) is 136 cm³/mol. The predicted octanol–water partition coefficient (Wildman–Crippen LogP) is 5.93. The number of anilines is 2. The number of ether oxygens (including phenoxy) is 2. The summed E-state index contributed by atoms with van der Waals surface area (Å²) in [5.41, 5.74) is 4.48. The first kappa shape index (κ1) is 24.0. The van der Waals surface area contributed by atoms with E-state index in [0.717, 1.165) is 39.8 Å². The van der Waals surface area contributed by atoms with Crippen molar-refractivity contribution >= 4 is 29.2 Å². The maximum absolute atomic E-state index is 10.6. The molecule has 35 heavy (non-hydrogen) atoms. The normalized spacial score (nSPS) is 10.6. The van der Waals surface area contributed by atoms with Crippen LogP contribution in [0.25, 0.3) is 11.3 Å². The highest BCUT2D eigenvalue weighted by atomic mass is 35.5. The number of carbonyl (C=O) groups is 1. The Bertz CT molecular complexity index is 1280. The van der Waals surface area contributed by atoms with Crippen LogP contribution in [0.4, 0.5) is 11.6 Å². The van der Waals surface area contributed by atoms with Gasteiger partial charge in [0.2, 0.25) is 5.95 Å². The van der Waals surface area contributed by atoms with Crippen LogP contribution in [0.15, 0.2) is 78.9 Å². The fourth-order valence-corrected chi connectivity index (χ4v) is 3.47. The first-order valence-electron chi connectivity index (χ1n) is 11.0. The van der Waals surface area contributed by atoms with Crippen LogP contribution in [-0.2, 0) is 11.2 Å². The highest BCUT2D eigenvalue weighted by Crippen LogP contribution is 2.24. The number of rotatable bonds is 10. The van der Waals surface area contributed by atoms with E-state index in [-0.39, 0.29) is 6.61 Å². The Labute approximate surface area is 208 Å². The lowest BCUT2D eigenvalue weighted by molar-refractivity contribution is -0.139. The molecule has 0 bridgehead atoms. The van der Waals surface area contributed by atoms with E-state index < -0.39 is 5.97 Å². The zero-order valence-electron chi connectivity index (χ0n) is 19.1. The van der Waals surface area contributed by atoms with Gasteiger partial charge >= 0.3 is 5.97 Å². The molecule has 1 heterocycles. The number of carboxylic acids is 1. The van der Waals surface area contributed by atoms with E-state index in [0.29, 0.717) is 18.3 Å². The number of hydrogen-bond acceptors (Lipinski definition) is 6. The Balaban J connectivity index is 1.37. The van der Waals surface area contributed by atoms with Crippen LogP contribution >= 0.6 is 11.6 Å². The molecule has 0 atom stereocenters. The summed E-state index contributed by atoms with van der Waals surface area (Å²) in [4.78, 5) is 19.7. The maximum Gasteiger partial charge on any atom is 0.341 e. The quantitative estimate of drug-likeness (QED) is 0.285. The molecule has 4 rings (SSSR count). The summed E-state index contributed by atoms with van der Waals surface area (Å²) in [6, 6.07) is 24.4. The van der Waals surface area contributed by atoms with Crippen LogP contribution in [0.5, 0.6) is 11.5 Å². The number of aromatic nitrogens is 2. The minimum Gasteiger partial charge on any atom is -0.493 e. The molecule has 0 aliphatic heterocycles. The molecule has 1 aromatic heterocycles. The molecular formula is C27H24ClN3O4. The molecule has 178 valence electrons. The highest BCUT2D eigenvalue weighted by Gasteiger charge is 2.07. The summed E-state index contributed by atoms with van der Waals surface area (Å²) < 4.78 is 11.0. The fourth-order valence-electron chi connectivity index (χ4n) is 3.34. The van der Waals surface area contributed by atoms with Gasteiger partial charge in [0.25, 0.3) is 0 Å². The monoisotopic (exact) mass is 489 g/mol. The standard InChI is InChI=1S/C27H24ClN3O4/c1-18-16-25(31-27(29-18)30-22-8-12-24(13-9-22)35-17-26(32)33)20-4-10-23(11-5-20)34-15-14-19-2-6-21(28)7-3-19/h2-13,16H,14-15,17H2,1H3,(H,32,33)(H,29,30,31). The van der Waals surface area contributed by atoms with Gasteiger partial charge in [-0.05, 0) is 79.2 Å². The number of benzene rings is 3. The second-order valence-corrected chi connectivity index (χ2v) is 8.24. The third kappa shape index (κ3) is 7.19. The van der Waals surface area contributed by atoms with E-state index in [1.54, 1.807) is 24.3 Å². The minimum atomic E-state index is -1.02. The number of aryl methyl sites for hydroxylation is 1. The van der Waals surface area contributed by atoms with Crippen molar-refractivity contribution in [3.8, 4) is 22.8 Å². The largest absolute Gasteiger partial charge is 0.493 e. The fraction of sp³-hybridized carbons (Fsp3) is 0.148. The second kappa shape index (κ2) is 11.4. The number of nitrogens with one attached hydrogen (secondary N) is 1. The van der Waals surface area contributed by atoms with Crippen molar-refractivity contribution < 1.29 is 19.4 Å². The van der Waals surface area contributed by atoms with Crippen molar-refractivity contribution in [3.63, 3.8) is 0 Å². The van der Waals surface area contributed by atoms with Gasteiger partial charge in [-0.1, -0.05) is 23.7 Å². The third-order valence-corrected chi connectivity index (χ3v) is 5.30. The molecule has 0 radical (unpaired) electrons. The molecule has 0 amide bonds. The smallest absolute Gasteiger partial charge is 0.341 e. The maximum atomic E-state index is 10.6. The van der Waals surface area contributed by atoms with Gasteiger partial charge in [0.1, 0.15) is 11.5 Å². The third-order valence-electron chi connectivity index (χ3n) is 5.05. The lowest BCUT2D eigenvalue weighted by Gasteiger charge is -2.10. The van der Waals surface area contributed by atoms with Crippen LogP contribution in [-0.4, -0.2) is 34.3 Å². The number of hydrogen-bond donors (Lipinski definition) is 2. The lowest BCUT2D eigenvalue weighted by atomic mass is 10.1. The lowest BCUT2D eigenvalue weighted by Crippen LogP contribution is -2.09. The van der Waals surface area contributed by atoms with Gasteiger partial charge in [-0.3, -0.25) is 0 Å². The van der Waals surface area contributed by atoms with Crippen molar-refractivity contribution in [2.24, 2.45) is 0 Å². The minimum absolute atomic E-state index is 0.386. The van der Waals surface area contributed by atoms with Crippen molar-refractivity contribution in [1.82, 2.24) is 9.97 Å². The average molecular weight is 490 g/mol. The molecule has 0 unspecified atom stereocenters. The summed E-state index contributed by atoms with van der Waals surface area (Å²) in [5.74, 6) is 0.698. The van der Waals surface area contributed by atoms with Gasteiger partial charge in [0.05, 0.1) is 12.3 Å². The summed E-state index contributed by atoms with van der Waals surface area (Å²) in [6.07, 6.45) is 0.797. The number of aliphatic carboxylic acids is 1. The molecule has 0 aliphatic rings. The Morgan fingerprint density at radius 1 is 0.914 bits per heavy atom. The van der Waals surface area contributed by atoms with Crippen molar-refractivity contribution in [3.05, 3.63) is 95.1 Å². The first-order valence-corrected chi connectivity index (χ1v) is 11.4. The number of nitrogens with zero attached hydrogens (tertiary/aromatic N) is 2. The molecule has 3 aromatic carbocycles. The Morgan fingerprint density at radius 3 is 2.26 bits per heavy atom. The Hall–Kier alpha value is -4.10. The highest BCUT2D eigenvalue weighted by molar-refractivity contribution is 6.30. The van der Waals surface area contributed by atoms with E-state index >= 15 is 0 Å². The van der Waals surface area contributed by atoms with E-state index in [2.05, 4.69) is 15.3 Å². The number of carboxylic acid groups (broad SMARTS) is 1. The van der Waals surface area contributed by atoms with Gasteiger partial charge in [-0.15, -0.1) is 0 Å². The van der Waals surface area contributed by atoms with E-state index in [1.165, 1.54) is 5.56 Å². The molecule has 0 aliphatic carbocycles. The summed E-state index contributed by atoms with van der Waals surface area (Å²) in [7, 11) is 0. The number of halogens is 1. The van der Waals surface area contributed by atoms with Gasteiger partial charge in [0.15, 0.2) is 6.61 Å². The van der Waals surface area contributed by atoms with E-state index in [1.807, 2.05) is 61.5 Å². The average Bonchev–Trinajstić information content (AvgIpc) is 2.85. The van der Waals surface area contributed by atoms with Gasteiger partial charge in [-0.25, -0.2) is 14.8 Å². The van der Waals surface area contributed by atoms with Crippen LogP contribution in [0, 0.1) is 6.92 Å². The van der Waals surface area contributed by atoms with Gasteiger partial charge < -0.3 is 19.9 Å². The topological polar surface area (TPSA) is 93.6 Å². The first-order chi connectivity index (χ1) is 16.9. The molecule has 4 aromatic rings. The molecule has 7 nitrogen and oxygen atoms in total. The molecule has 0 saturated carbocycles. The second-order valence-electron chi connectivity index (χ2n) is 7.80. The van der Waals surface area contributed by atoms with Crippen LogP contribution in [0.3, 0.4) is 0 Å². The van der Waals surface area contributed by atoms with E-state index in [4.69, 9.17) is 26.2 Å². The van der Waals surface area contributed by atoms with Crippen molar-refractivity contribution in [1.29, 1.82) is 0 Å². The zero-order valence-corrected chi connectivity index (χ0v) is 19.8. The molecule has 2 N–H and O–H groups in total. The summed E-state index contributed by atoms with van der Waals surface area (Å²) >= 11 is 5.93. The van der Waals surface area contributed by atoms with Crippen LogP contribution in [0.1, 0.15) is 11.3 Å².